The molecule has 0 unspecified atom stereocenters. The van der Waals surface area contributed by atoms with Crippen molar-refractivity contribution in [3.05, 3.63) is 60.6 Å². The summed E-state index contributed by atoms with van der Waals surface area (Å²) in [6.07, 6.45) is -0.837. The number of imidazole rings is 1. The number of benzene rings is 2. The van der Waals surface area contributed by atoms with Crippen molar-refractivity contribution in [2.45, 2.75) is 11.1 Å². The van der Waals surface area contributed by atoms with Crippen molar-refractivity contribution in [2.24, 2.45) is 7.05 Å². The zero-order valence-corrected chi connectivity index (χ0v) is 14.9. The lowest BCUT2D eigenvalue weighted by molar-refractivity contribution is -0.137. The Labute approximate surface area is 153 Å². The zero-order valence-electron chi connectivity index (χ0n) is 14.1. The number of nitrogens with zero attached hydrogens (tertiary/aromatic N) is 2. The van der Waals surface area contributed by atoms with E-state index in [4.69, 9.17) is 0 Å². The van der Waals surface area contributed by atoms with Crippen LogP contribution in [-0.4, -0.2) is 16.6 Å². The first-order valence-corrected chi connectivity index (χ1v) is 8.59. The molecule has 0 aliphatic heterocycles. The van der Waals surface area contributed by atoms with Gasteiger partial charge in [-0.05, 0) is 55.4 Å². The van der Waals surface area contributed by atoms with Gasteiger partial charge in [-0.2, -0.15) is 13.2 Å². The van der Waals surface area contributed by atoms with Gasteiger partial charge in [0.15, 0.2) is 0 Å². The second-order valence-corrected chi connectivity index (χ2v) is 6.73. The molecule has 0 spiro atoms. The number of aromatic nitrogens is 2. The number of anilines is 2. The van der Waals surface area contributed by atoms with Gasteiger partial charge < -0.3 is 9.88 Å². The van der Waals surface area contributed by atoms with Gasteiger partial charge in [0.05, 0.1) is 17.6 Å². The maximum Gasteiger partial charge on any atom is 0.416 e. The average Bonchev–Trinajstić information content (AvgIpc) is 3.02. The number of nitrogens with one attached hydrogen (secondary N) is 2. The molecule has 0 saturated carbocycles. The number of hydrogen-bond acceptors (Lipinski definition) is 4. The van der Waals surface area contributed by atoms with Crippen LogP contribution in [0.3, 0.4) is 0 Å². The molecule has 0 aliphatic carbocycles. The Morgan fingerprint density at radius 3 is 2.58 bits per heavy atom. The third kappa shape index (κ3) is 4.20. The van der Waals surface area contributed by atoms with Gasteiger partial charge in [-0.25, -0.2) is 4.98 Å². The predicted octanol–water partition coefficient (Wildman–Crippen LogP) is 5.08. The van der Waals surface area contributed by atoms with Crippen LogP contribution >= 0.6 is 11.9 Å². The molecule has 4 nitrogen and oxygen atoms in total. The van der Waals surface area contributed by atoms with E-state index in [9.17, 15) is 13.2 Å². The standard InChI is InChI=1S/C18H17F3N4S/c1-22-26-14-6-7-16(15(9-14)17-10-25(2)11-23-17)24-13-5-3-4-12(8-13)18(19,20)21/h3-11,22,24H,1-2H3. The van der Waals surface area contributed by atoms with Crippen LogP contribution in [0.1, 0.15) is 5.56 Å². The second kappa shape index (κ2) is 7.43. The molecule has 1 heterocycles. The second-order valence-electron chi connectivity index (χ2n) is 5.64. The topological polar surface area (TPSA) is 41.9 Å². The minimum absolute atomic E-state index is 0.367. The lowest BCUT2D eigenvalue weighted by atomic mass is 10.1. The summed E-state index contributed by atoms with van der Waals surface area (Å²) in [4.78, 5) is 5.33. The SMILES string of the molecule is CNSc1ccc(Nc2cccc(C(F)(F)F)c2)c(-c2cn(C)cn2)c1. The Hall–Kier alpha value is -2.45. The van der Waals surface area contributed by atoms with Gasteiger partial charge in [-0.1, -0.05) is 6.07 Å². The molecule has 0 bridgehead atoms. The molecular formula is C18H17F3N4S. The highest BCUT2D eigenvalue weighted by Crippen LogP contribution is 2.35. The molecule has 0 radical (unpaired) electrons. The molecule has 1 aromatic heterocycles. The van der Waals surface area contributed by atoms with Crippen molar-refractivity contribution < 1.29 is 13.2 Å². The molecule has 0 atom stereocenters. The van der Waals surface area contributed by atoms with Gasteiger partial charge >= 0.3 is 6.18 Å². The molecule has 0 aliphatic rings. The fourth-order valence-electron chi connectivity index (χ4n) is 2.51. The van der Waals surface area contributed by atoms with Gasteiger partial charge in [0.25, 0.3) is 0 Å². The summed E-state index contributed by atoms with van der Waals surface area (Å²) >= 11 is 1.45. The number of halogens is 3. The van der Waals surface area contributed by atoms with E-state index >= 15 is 0 Å². The van der Waals surface area contributed by atoms with Crippen LogP contribution in [0.4, 0.5) is 24.5 Å². The van der Waals surface area contributed by atoms with Crippen LogP contribution in [0, 0.1) is 0 Å². The molecular weight excluding hydrogens is 361 g/mol. The molecule has 3 aromatic rings. The van der Waals surface area contributed by atoms with Crippen LogP contribution in [0.5, 0.6) is 0 Å². The Kier molecular flexibility index (Phi) is 5.24. The Morgan fingerprint density at radius 1 is 1.12 bits per heavy atom. The van der Waals surface area contributed by atoms with Gasteiger partial charge in [-0.15, -0.1) is 0 Å². The Morgan fingerprint density at radius 2 is 1.92 bits per heavy atom. The van der Waals surface area contributed by atoms with Gasteiger partial charge in [-0.3, -0.25) is 4.72 Å². The molecule has 2 N–H and O–H groups in total. The summed E-state index contributed by atoms with van der Waals surface area (Å²) in [6.45, 7) is 0. The van der Waals surface area contributed by atoms with Crippen molar-refractivity contribution >= 4 is 23.3 Å². The number of alkyl halides is 3. The summed E-state index contributed by atoms with van der Waals surface area (Å²) in [7, 11) is 3.68. The number of rotatable bonds is 5. The third-order valence-electron chi connectivity index (χ3n) is 3.66. The molecule has 136 valence electrons. The summed E-state index contributed by atoms with van der Waals surface area (Å²) in [5.74, 6) is 0. The van der Waals surface area contributed by atoms with E-state index in [1.165, 1.54) is 18.0 Å². The van der Waals surface area contributed by atoms with Crippen molar-refractivity contribution in [1.82, 2.24) is 14.3 Å². The summed E-state index contributed by atoms with van der Waals surface area (Å²) < 4.78 is 43.7. The lowest BCUT2D eigenvalue weighted by Crippen LogP contribution is -2.05. The molecule has 0 fully saturated rings. The normalized spacial score (nSPS) is 11.6. The van der Waals surface area contributed by atoms with Crippen LogP contribution in [0.2, 0.25) is 0 Å². The third-order valence-corrected chi connectivity index (χ3v) is 4.35. The van der Waals surface area contributed by atoms with Crippen molar-refractivity contribution in [2.75, 3.05) is 12.4 Å². The van der Waals surface area contributed by atoms with Crippen LogP contribution in [0.15, 0.2) is 59.9 Å². The van der Waals surface area contributed by atoms with Crippen LogP contribution in [0.25, 0.3) is 11.3 Å². The molecule has 3 rings (SSSR count). The summed E-state index contributed by atoms with van der Waals surface area (Å²) in [5.41, 5.74) is 1.91. The fraction of sp³-hybridized carbons (Fsp3) is 0.167. The maximum absolute atomic E-state index is 12.9. The molecule has 26 heavy (non-hydrogen) atoms. The number of hydrogen-bond donors (Lipinski definition) is 2. The van der Waals surface area contributed by atoms with E-state index in [-0.39, 0.29) is 0 Å². The zero-order chi connectivity index (χ0) is 18.7. The largest absolute Gasteiger partial charge is 0.416 e. The molecule has 8 heteroatoms. The van der Waals surface area contributed by atoms with E-state index in [1.807, 2.05) is 43.1 Å². The van der Waals surface area contributed by atoms with E-state index in [2.05, 4.69) is 15.0 Å². The predicted molar refractivity (Wildman–Crippen MR) is 98.3 cm³/mol. The summed E-state index contributed by atoms with van der Waals surface area (Å²) in [5, 5.41) is 3.08. The average molecular weight is 378 g/mol. The monoisotopic (exact) mass is 378 g/mol. The smallest absolute Gasteiger partial charge is 0.355 e. The Bertz CT molecular complexity index is 905. The van der Waals surface area contributed by atoms with Gasteiger partial charge in [0.2, 0.25) is 0 Å². The summed E-state index contributed by atoms with van der Waals surface area (Å²) in [6, 6.07) is 10.8. The van der Waals surface area contributed by atoms with Crippen LogP contribution in [-0.2, 0) is 13.2 Å². The maximum atomic E-state index is 12.9. The minimum Gasteiger partial charge on any atom is -0.355 e. The fourth-order valence-corrected chi connectivity index (χ4v) is 3.05. The van der Waals surface area contributed by atoms with Crippen molar-refractivity contribution in [3.63, 3.8) is 0 Å². The van der Waals surface area contributed by atoms with E-state index in [0.717, 1.165) is 28.3 Å². The first-order valence-electron chi connectivity index (χ1n) is 7.77. The van der Waals surface area contributed by atoms with Crippen molar-refractivity contribution in [1.29, 1.82) is 0 Å². The van der Waals surface area contributed by atoms with Gasteiger partial charge in [0.1, 0.15) is 0 Å². The molecule has 0 amide bonds. The minimum atomic E-state index is -4.38. The number of aryl methyl sites for hydroxylation is 1. The quantitative estimate of drug-likeness (QED) is 0.608. The molecule has 2 aromatic carbocycles. The molecule has 0 saturated heterocycles. The highest BCUT2D eigenvalue weighted by atomic mass is 32.2. The first kappa shape index (κ1) is 18.3. The highest BCUT2D eigenvalue weighted by molar-refractivity contribution is 7.97. The first-order chi connectivity index (χ1) is 12.4. The van der Waals surface area contributed by atoms with E-state index in [0.29, 0.717) is 11.4 Å². The van der Waals surface area contributed by atoms with Crippen LogP contribution < -0.4 is 10.0 Å². The van der Waals surface area contributed by atoms with E-state index in [1.54, 1.807) is 12.4 Å². The highest BCUT2D eigenvalue weighted by Gasteiger charge is 2.30. The lowest BCUT2D eigenvalue weighted by Gasteiger charge is -2.14. The van der Waals surface area contributed by atoms with Gasteiger partial charge in [0, 0.05) is 35.1 Å². The Balaban J connectivity index is 1.99. The van der Waals surface area contributed by atoms with E-state index < -0.39 is 11.7 Å². The van der Waals surface area contributed by atoms with Crippen molar-refractivity contribution in [3.8, 4) is 11.3 Å².